The Morgan fingerprint density at radius 1 is 1.37 bits per heavy atom. The van der Waals surface area contributed by atoms with Crippen LogP contribution in [-0.4, -0.2) is 18.6 Å². The van der Waals surface area contributed by atoms with Crippen LogP contribution in [0.5, 0.6) is 0 Å². The third kappa shape index (κ3) is 2.63. The Kier molecular flexibility index (Phi) is 3.62. The molecular weight excluding hydrogens is 242 g/mol. The van der Waals surface area contributed by atoms with E-state index in [0.29, 0.717) is 6.54 Å². The van der Waals surface area contributed by atoms with Gasteiger partial charge in [0.2, 0.25) is 0 Å². The van der Waals surface area contributed by atoms with Crippen molar-refractivity contribution < 1.29 is 13.9 Å². The van der Waals surface area contributed by atoms with Crippen molar-refractivity contribution in [1.29, 1.82) is 0 Å². The van der Waals surface area contributed by atoms with Crippen LogP contribution in [-0.2, 0) is 16.1 Å². The van der Waals surface area contributed by atoms with Crippen LogP contribution in [0.4, 0.5) is 0 Å². The fraction of sp³-hybridized carbons (Fsp3) is 0.400. The number of rotatable bonds is 4. The summed E-state index contributed by atoms with van der Waals surface area (Å²) < 4.78 is 10.5. The molecule has 1 heterocycles. The second kappa shape index (κ2) is 5.05. The predicted molar refractivity (Wildman–Crippen MR) is 73.9 cm³/mol. The number of para-hydroxylation sites is 1. The minimum Gasteiger partial charge on any atom is -0.468 e. The molecule has 0 saturated carbocycles. The van der Waals surface area contributed by atoms with Gasteiger partial charge in [0.25, 0.3) is 0 Å². The van der Waals surface area contributed by atoms with E-state index in [2.05, 4.69) is 5.32 Å². The van der Waals surface area contributed by atoms with Crippen molar-refractivity contribution in [3.8, 4) is 0 Å². The number of ether oxygens (including phenoxy) is 1. The summed E-state index contributed by atoms with van der Waals surface area (Å²) in [4.78, 5) is 11.6. The summed E-state index contributed by atoms with van der Waals surface area (Å²) in [6.45, 7) is 6.10. The normalized spacial score (nSPS) is 11.8. The Morgan fingerprint density at radius 2 is 2.05 bits per heavy atom. The molecule has 0 unspecified atom stereocenters. The Labute approximate surface area is 112 Å². The number of nitrogens with one attached hydrogen (secondary N) is 1. The summed E-state index contributed by atoms with van der Waals surface area (Å²) in [6.07, 6.45) is 0. The molecule has 102 valence electrons. The van der Waals surface area contributed by atoms with Gasteiger partial charge in [0, 0.05) is 17.5 Å². The number of fused-ring (bicyclic) bond motifs is 1. The van der Waals surface area contributed by atoms with Crippen LogP contribution in [0.1, 0.15) is 25.2 Å². The highest BCUT2D eigenvalue weighted by Gasteiger charge is 2.28. The Morgan fingerprint density at radius 3 is 2.74 bits per heavy atom. The number of hydrogen-bond donors (Lipinski definition) is 1. The number of methoxy groups -OCH3 is 1. The molecule has 0 aliphatic heterocycles. The van der Waals surface area contributed by atoms with E-state index >= 15 is 0 Å². The van der Waals surface area contributed by atoms with Crippen LogP contribution in [0.3, 0.4) is 0 Å². The second-order valence-corrected chi connectivity index (χ2v) is 5.10. The van der Waals surface area contributed by atoms with Crippen molar-refractivity contribution in [3.63, 3.8) is 0 Å². The van der Waals surface area contributed by atoms with E-state index in [4.69, 9.17) is 9.15 Å². The van der Waals surface area contributed by atoms with Crippen molar-refractivity contribution >= 4 is 16.9 Å². The number of furan rings is 1. The fourth-order valence-corrected chi connectivity index (χ4v) is 2.08. The molecule has 4 heteroatoms. The number of esters is 1. The van der Waals surface area contributed by atoms with Gasteiger partial charge in [-0.2, -0.15) is 0 Å². The first-order chi connectivity index (χ1) is 8.95. The minimum atomic E-state index is -0.723. The summed E-state index contributed by atoms with van der Waals surface area (Å²) in [5.74, 6) is 0.590. The maximum Gasteiger partial charge on any atom is 0.325 e. The van der Waals surface area contributed by atoms with Crippen LogP contribution in [0.2, 0.25) is 0 Å². The fourth-order valence-electron chi connectivity index (χ4n) is 2.08. The van der Waals surface area contributed by atoms with Gasteiger partial charge in [-0.15, -0.1) is 0 Å². The second-order valence-electron chi connectivity index (χ2n) is 5.10. The molecule has 0 radical (unpaired) electrons. The van der Waals surface area contributed by atoms with Gasteiger partial charge in [-0.25, -0.2) is 0 Å². The van der Waals surface area contributed by atoms with Crippen LogP contribution < -0.4 is 5.32 Å². The first-order valence-corrected chi connectivity index (χ1v) is 6.26. The number of carbonyl (C=O) groups is 1. The highest BCUT2D eigenvalue weighted by molar-refractivity contribution is 5.82. The van der Waals surface area contributed by atoms with Gasteiger partial charge in [-0.3, -0.25) is 10.1 Å². The molecule has 0 aliphatic rings. The van der Waals surface area contributed by atoms with Crippen molar-refractivity contribution in [2.24, 2.45) is 0 Å². The molecule has 0 saturated heterocycles. The molecule has 0 spiro atoms. The van der Waals surface area contributed by atoms with Gasteiger partial charge in [0.1, 0.15) is 16.9 Å². The molecule has 4 nitrogen and oxygen atoms in total. The smallest absolute Gasteiger partial charge is 0.325 e. The molecule has 19 heavy (non-hydrogen) atoms. The van der Waals surface area contributed by atoms with Gasteiger partial charge >= 0.3 is 5.97 Å². The van der Waals surface area contributed by atoms with Crippen LogP contribution >= 0.6 is 0 Å². The SMILES string of the molecule is COC(=O)C(C)(C)NCc1c(C)oc2ccccc12. The molecular formula is C15H19NO3. The monoisotopic (exact) mass is 261 g/mol. The highest BCUT2D eigenvalue weighted by atomic mass is 16.5. The maximum atomic E-state index is 11.6. The third-order valence-corrected chi connectivity index (χ3v) is 3.30. The zero-order chi connectivity index (χ0) is 14.0. The summed E-state index contributed by atoms with van der Waals surface area (Å²) in [5, 5.41) is 4.29. The van der Waals surface area contributed by atoms with Gasteiger partial charge in [0.05, 0.1) is 7.11 Å². The van der Waals surface area contributed by atoms with Crippen LogP contribution in [0.15, 0.2) is 28.7 Å². The molecule has 0 atom stereocenters. The Balaban J connectivity index is 2.23. The first kappa shape index (κ1) is 13.6. The van der Waals surface area contributed by atoms with Gasteiger partial charge in [-0.1, -0.05) is 18.2 Å². The number of benzene rings is 1. The van der Waals surface area contributed by atoms with Crippen molar-refractivity contribution in [2.75, 3.05) is 7.11 Å². The molecule has 2 aromatic rings. The lowest BCUT2D eigenvalue weighted by Gasteiger charge is -2.23. The Hall–Kier alpha value is -1.81. The van der Waals surface area contributed by atoms with Crippen LogP contribution in [0.25, 0.3) is 11.0 Å². The highest BCUT2D eigenvalue weighted by Crippen LogP contribution is 2.25. The average molecular weight is 261 g/mol. The quantitative estimate of drug-likeness (QED) is 0.860. The van der Waals surface area contributed by atoms with Gasteiger partial charge < -0.3 is 9.15 Å². The third-order valence-electron chi connectivity index (χ3n) is 3.30. The van der Waals surface area contributed by atoms with E-state index in [0.717, 1.165) is 22.3 Å². The zero-order valence-electron chi connectivity index (χ0n) is 11.7. The van der Waals surface area contributed by atoms with Crippen molar-refractivity contribution in [2.45, 2.75) is 32.9 Å². The molecule has 0 bridgehead atoms. The van der Waals surface area contributed by atoms with E-state index in [-0.39, 0.29) is 5.97 Å². The largest absolute Gasteiger partial charge is 0.468 e. The molecule has 0 fully saturated rings. The van der Waals surface area contributed by atoms with Crippen molar-refractivity contribution in [3.05, 3.63) is 35.6 Å². The number of hydrogen-bond acceptors (Lipinski definition) is 4. The Bertz CT molecular complexity index is 598. The van der Waals surface area contributed by atoms with Crippen LogP contribution in [0, 0.1) is 6.92 Å². The summed E-state index contributed by atoms with van der Waals surface area (Å²) >= 11 is 0. The molecule has 1 aromatic heterocycles. The standard InChI is InChI=1S/C15H19NO3/c1-10-12(9-16-15(2,3)14(17)18-4)11-7-5-6-8-13(11)19-10/h5-8,16H,9H2,1-4H3. The molecule has 0 aliphatic carbocycles. The van der Waals surface area contributed by atoms with Gasteiger partial charge in [0.15, 0.2) is 0 Å². The lowest BCUT2D eigenvalue weighted by Crippen LogP contribution is -2.47. The average Bonchev–Trinajstić information content (AvgIpc) is 2.71. The van der Waals surface area contributed by atoms with E-state index in [1.807, 2.05) is 31.2 Å². The minimum absolute atomic E-state index is 0.280. The topological polar surface area (TPSA) is 51.5 Å². The summed E-state index contributed by atoms with van der Waals surface area (Å²) in [7, 11) is 1.39. The summed E-state index contributed by atoms with van der Waals surface area (Å²) in [5.41, 5.74) is 1.22. The molecule has 1 N–H and O–H groups in total. The number of carbonyl (C=O) groups excluding carboxylic acids is 1. The predicted octanol–water partition coefficient (Wildman–Crippen LogP) is 2.78. The molecule has 0 amide bonds. The lowest BCUT2D eigenvalue weighted by molar-refractivity contribution is -0.147. The van der Waals surface area contributed by atoms with Crippen molar-refractivity contribution in [1.82, 2.24) is 5.32 Å². The lowest BCUT2D eigenvalue weighted by atomic mass is 10.0. The number of aryl methyl sites for hydroxylation is 1. The first-order valence-electron chi connectivity index (χ1n) is 6.26. The van der Waals surface area contributed by atoms with E-state index in [9.17, 15) is 4.79 Å². The summed E-state index contributed by atoms with van der Waals surface area (Å²) in [6, 6.07) is 7.89. The molecule has 1 aromatic carbocycles. The van der Waals surface area contributed by atoms with E-state index in [1.165, 1.54) is 7.11 Å². The maximum absolute atomic E-state index is 11.6. The van der Waals surface area contributed by atoms with E-state index in [1.54, 1.807) is 13.8 Å². The zero-order valence-corrected chi connectivity index (χ0v) is 11.7. The van der Waals surface area contributed by atoms with E-state index < -0.39 is 5.54 Å². The van der Waals surface area contributed by atoms with Gasteiger partial charge in [-0.05, 0) is 26.8 Å². The molecule has 2 rings (SSSR count).